The molecule has 0 bridgehead atoms. The Balaban J connectivity index is 2.45. The highest BCUT2D eigenvalue weighted by molar-refractivity contribution is 5.76. The minimum absolute atomic E-state index is 0.229. The third kappa shape index (κ3) is 28.7. The van der Waals surface area contributed by atoms with Crippen molar-refractivity contribution in [1.82, 2.24) is 5.32 Å². The van der Waals surface area contributed by atoms with Gasteiger partial charge in [-0.1, -0.05) is 170 Å². The molecule has 1 fully saturated rings. The number of rotatable bonds is 36. The van der Waals surface area contributed by atoms with Gasteiger partial charge >= 0.3 is 0 Å². The SMILES string of the molecule is CC/C=C\C/C=C\C/C=C\C/C=C\C/C=C\CCCC(=O)NC(COC1OC(CO)C(O)C(O)C1O)C(O)/C=C/CC/C=C/CCCCCCCCCCCCCC. The van der Waals surface area contributed by atoms with E-state index in [1.165, 1.54) is 77.0 Å². The zero-order chi connectivity index (χ0) is 42.3. The van der Waals surface area contributed by atoms with Crippen molar-refractivity contribution in [2.45, 2.75) is 204 Å². The van der Waals surface area contributed by atoms with E-state index < -0.39 is 49.5 Å². The van der Waals surface area contributed by atoms with Crippen LogP contribution in [0, 0.1) is 0 Å². The highest BCUT2D eigenvalue weighted by Gasteiger charge is 2.44. The Labute approximate surface area is 352 Å². The van der Waals surface area contributed by atoms with Crippen LogP contribution in [0.15, 0.2) is 85.1 Å². The first kappa shape index (κ1) is 53.4. The molecule has 0 saturated carbocycles. The maximum Gasteiger partial charge on any atom is 0.220 e. The first-order chi connectivity index (χ1) is 28.3. The number of carbonyl (C=O) groups excluding carboxylic acids is 1. The molecule has 0 radical (unpaired) electrons. The zero-order valence-corrected chi connectivity index (χ0v) is 36.3. The van der Waals surface area contributed by atoms with Gasteiger partial charge in [0.15, 0.2) is 6.29 Å². The van der Waals surface area contributed by atoms with Gasteiger partial charge in [-0.05, 0) is 70.6 Å². The number of aliphatic hydroxyl groups is 5. The fraction of sp³-hybridized carbons (Fsp3) is 0.694. The lowest BCUT2D eigenvalue weighted by Crippen LogP contribution is -2.60. The lowest BCUT2D eigenvalue weighted by Gasteiger charge is -2.40. The quantitative estimate of drug-likeness (QED) is 0.0271. The van der Waals surface area contributed by atoms with Crippen molar-refractivity contribution in [3.63, 3.8) is 0 Å². The normalized spacial score (nSPS) is 21.7. The summed E-state index contributed by atoms with van der Waals surface area (Å²) < 4.78 is 11.2. The van der Waals surface area contributed by atoms with Gasteiger partial charge in [-0.25, -0.2) is 0 Å². The van der Waals surface area contributed by atoms with Crippen LogP contribution in [0.4, 0.5) is 0 Å². The number of carbonyl (C=O) groups is 1. The fourth-order valence-electron chi connectivity index (χ4n) is 6.56. The molecular weight excluding hydrogens is 731 g/mol. The lowest BCUT2D eigenvalue weighted by atomic mass is 9.99. The van der Waals surface area contributed by atoms with E-state index in [-0.39, 0.29) is 18.9 Å². The summed E-state index contributed by atoms with van der Waals surface area (Å²) in [6.07, 6.45) is 46.3. The number of nitrogens with one attached hydrogen (secondary N) is 1. The van der Waals surface area contributed by atoms with Crippen LogP contribution >= 0.6 is 0 Å². The maximum absolute atomic E-state index is 12.9. The summed E-state index contributed by atoms with van der Waals surface area (Å²) in [6, 6.07) is -0.855. The molecule has 1 aliphatic rings. The van der Waals surface area contributed by atoms with Crippen LogP contribution in [0.5, 0.6) is 0 Å². The Bertz CT molecular complexity index is 1180. The first-order valence-corrected chi connectivity index (χ1v) is 22.8. The van der Waals surface area contributed by atoms with E-state index in [1.54, 1.807) is 6.08 Å². The highest BCUT2D eigenvalue weighted by atomic mass is 16.7. The van der Waals surface area contributed by atoms with Gasteiger partial charge in [-0.3, -0.25) is 4.79 Å². The van der Waals surface area contributed by atoms with Crippen LogP contribution in [0.1, 0.15) is 162 Å². The molecule has 0 spiro atoms. The zero-order valence-electron chi connectivity index (χ0n) is 36.3. The number of amides is 1. The smallest absolute Gasteiger partial charge is 0.220 e. The third-order valence-electron chi connectivity index (χ3n) is 10.2. The third-order valence-corrected chi connectivity index (χ3v) is 10.2. The molecule has 1 saturated heterocycles. The van der Waals surface area contributed by atoms with E-state index in [9.17, 15) is 30.3 Å². The molecule has 332 valence electrons. The van der Waals surface area contributed by atoms with Crippen molar-refractivity contribution in [3.8, 4) is 0 Å². The van der Waals surface area contributed by atoms with Crippen LogP contribution in [0.25, 0.3) is 0 Å². The van der Waals surface area contributed by atoms with E-state index in [0.717, 1.165) is 57.8 Å². The Hall–Kier alpha value is -2.63. The predicted molar refractivity (Wildman–Crippen MR) is 239 cm³/mol. The predicted octanol–water partition coefficient (Wildman–Crippen LogP) is 9.55. The van der Waals surface area contributed by atoms with Gasteiger partial charge in [0, 0.05) is 6.42 Å². The number of aliphatic hydroxyl groups excluding tert-OH is 5. The van der Waals surface area contributed by atoms with Gasteiger partial charge < -0.3 is 40.3 Å². The van der Waals surface area contributed by atoms with Gasteiger partial charge in [-0.15, -0.1) is 0 Å². The molecule has 7 unspecified atom stereocenters. The molecule has 7 atom stereocenters. The van der Waals surface area contributed by atoms with Crippen molar-refractivity contribution in [3.05, 3.63) is 85.1 Å². The largest absolute Gasteiger partial charge is 0.394 e. The van der Waals surface area contributed by atoms with E-state index in [4.69, 9.17) is 9.47 Å². The topological polar surface area (TPSA) is 149 Å². The minimum Gasteiger partial charge on any atom is -0.394 e. The number of unbranched alkanes of at least 4 members (excludes halogenated alkanes) is 14. The first-order valence-electron chi connectivity index (χ1n) is 22.8. The Kier molecular flexibility index (Phi) is 35.5. The molecule has 1 heterocycles. The molecule has 1 aliphatic heterocycles. The monoisotopic (exact) mass is 814 g/mol. The van der Waals surface area contributed by atoms with E-state index in [0.29, 0.717) is 6.42 Å². The van der Waals surface area contributed by atoms with Crippen LogP contribution in [-0.2, 0) is 14.3 Å². The molecule has 0 aromatic heterocycles. The second-order valence-corrected chi connectivity index (χ2v) is 15.5. The molecular formula is C49H83NO8. The molecule has 9 heteroatoms. The van der Waals surface area contributed by atoms with Crippen LogP contribution < -0.4 is 5.32 Å². The van der Waals surface area contributed by atoms with Crippen molar-refractivity contribution in [2.24, 2.45) is 0 Å². The Morgan fingerprint density at radius 2 is 1.09 bits per heavy atom. The van der Waals surface area contributed by atoms with Crippen molar-refractivity contribution in [1.29, 1.82) is 0 Å². The van der Waals surface area contributed by atoms with E-state index >= 15 is 0 Å². The van der Waals surface area contributed by atoms with Gasteiger partial charge in [0.05, 0.1) is 25.4 Å². The number of ether oxygens (including phenoxy) is 2. The molecule has 1 rings (SSSR count). The summed E-state index contributed by atoms with van der Waals surface area (Å²) in [5.41, 5.74) is 0. The lowest BCUT2D eigenvalue weighted by molar-refractivity contribution is -0.302. The van der Waals surface area contributed by atoms with Crippen molar-refractivity contribution >= 4 is 5.91 Å². The van der Waals surface area contributed by atoms with Crippen LogP contribution in [0.2, 0.25) is 0 Å². The average Bonchev–Trinajstić information content (AvgIpc) is 3.22. The molecule has 6 N–H and O–H groups in total. The van der Waals surface area contributed by atoms with Crippen LogP contribution in [0.3, 0.4) is 0 Å². The van der Waals surface area contributed by atoms with Gasteiger partial charge in [0.2, 0.25) is 5.91 Å². The van der Waals surface area contributed by atoms with Gasteiger partial charge in [-0.2, -0.15) is 0 Å². The standard InChI is InChI=1S/C49H83NO8/c1-3-5-7-9-11-13-15-17-19-21-23-24-26-28-30-32-34-36-38-43(52)42(41-57-49-48(56)47(55)46(54)44(40-51)58-49)50-45(53)39-37-35-33-31-29-27-25-22-20-18-16-14-12-10-8-6-4-2/h6,8,12,14,18,20,25,27-28,30-31,33,36,38,42-44,46-49,51-52,54-56H,3-5,7,9-11,13,15-17,19,21-24,26,29,32,34-35,37,39-41H2,1-2H3,(H,50,53)/b8-6-,14-12-,20-18-,27-25-,30-28+,33-31-,38-36+. The van der Waals surface area contributed by atoms with Gasteiger partial charge in [0.1, 0.15) is 24.4 Å². The second kappa shape index (κ2) is 38.6. The van der Waals surface area contributed by atoms with E-state index in [2.05, 4.69) is 92.1 Å². The minimum atomic E-state index is -1.59. The summed E-state index contributed by atoms with van der Waals surface area (Å²) >= 11 is 0. The average molecular weight is 814 g/mol. The van der Waals surface area contributed by atoms with Crippen molar-refractivity contribution < 1.29 is 39.8 Å². The summed E-state index contributed by atoms with van der Waals surface area (Å²) in [4.78, 5) is 12.9. The van der Waals surface area contributed by atoms with Crippen molar-refractivity contribution in [2.75, 3.05) is 13.2 Å². The fourth-order valence-corrected chi connectivity index (χ4v) is 6.56. The second-order valence-electron chi connectivity index (χ2n) is 15.5. The molecule has 58 heavy (non-hydrogen) atoms. The summed E-state index contributed by atoms with van der Waals surface area (Å²) in [5, 5.41) is 54.1. The Morgan fingerprint density at radius 3 is 1.66 bits per heavy atom. The number of hydrogen-bond donors (Lipinski definition) is 6. The molecule has 0 aromatic carbocycles. The highest BCUT2D eigenvalue weighted by Crippen LogP contribution is 2.22. The molecule has 0 aromatic rings. The van der Waals surface area contributed by atoms with E-state index in [1.807, 2.05) is 6.08 Å². The Morgan fingerprint density at radius 1 is 0.603 bits per heavy atom. The maximum atomic E-state index is 12.9. The summed E-state index contributed by atoms with van der Waals surface area (Å²) in [5.74, 6) is -0.247. The van der Waals surface area contributed by atoms with Gasteiger partial charge in [0.25, 0.3) is 0 Å². The molecule has 1 amide bonds. The molecule has 0 aliphatic carbocycles. The number of hydrogen-bond acceptors (Lipinski definition) is 8. The summed E-state index contributed by atoms with van der Waals surface area (Å²) in [7, 11) is 0. The number of allylic oxidation sites excluding steroid dienone is 13. The van der Waals surface area contributed by atoms with Crippen LogP contribution in [-0.4, -0.2) is 87.5 Å². The molecule has 9 nitrogen and oxygen atoms in total. The summed E-state index contributed by atoms with van der Waals surface area (Å²) in [6.45, 7) is 3.59.